The molecule has 0 spiro atoms. The van der Waals surface area contributed by atoms with Gasteiger partial charge in [-0.05, 0) is 24.7 Å². The van der Waals surface area contributed by atoms with Gasteiger partial charge in [-0.15, -0.1) is 11.3 Å². The predicted molar refractivity (Wildman–Crippen MR) is 92.1 cm³/mol. The first kappa shape index (κ1) is 16.3. The highest BCUT2D eigenvalue weighted by Crippen LogP contribution is 2.25. The zero-order valence-corrected chi connectivity index (χ0v) is 14.5. The van der Waals surface area contributed by atoms with Crippen molar-refractivity contribution in [1.29, 1.82) is 0 Å². The van der Waals surface area contributed by atoms with Crippen LogP contribution in [0.1, 0.15) is 46.2 Å². The van der Waals surface area contributed by atoms with Gasteiger partial charge in [0.05, 0.1) is 5.69 Å². The number of rotatable bonds is 8. The van der Waals surface area contributed by atoms with E-state index in [1.54, 1.807) is 11.3 Å². The van der Waals surface area contributed by atoms with Crippen molar-refractivity contribution in [3.63, 3.8) is 0 Å². The van der Waals surface area contributed by atoms with Crippen LogP contribution < -0.4 is 10.6 Å². The van der Waals surface area contributed by atoms with E-state index in [1.165, 1.54) is 12.8 Å². The van der Waals surface area contributed by atoms with Crippen molar-refractivity contribution in [2.45, 2.75) is 47.1 Å². The van der Waals surface area contributed by atoms with Gasteiger partial charge in [0, 0.05) is 31.2 Å². The third-order valence-corrected chi connectivity index (χ3v) is 4.54. The highest BCUT2D eigenvalue weighted by Gasteiger charge is 2.18. The van der Waals surface area contributed by atoms with Crippen molar-refractivity contribution in [2.75, 3.05) is 18.0 Å². The van der Waals surface area contributed by atoms with Gasteiger partial charge in [-0.2, -0.15) is 0 Å². The first-order valence-corrected chi connectivity index (χ1v) is 8.80. The molecule has 0 saturated carbocycles. The van der Waals surface area contributed by atoms with E-state index in [0.717, 1.165) is 29.6 Å². The van der Waals surface area contributed by atoms with E-state index in [2.05, 4.69) is 48.6 Å². The van der Waals surface area contributed by atoms with Crippen LogP contribution in [0, 0.1) is 11.8 Å². The normalized spacial score (nSPS) is 12.0. The zero-order valence-electron chi connectivity index (χ0n) is 13.7. The number of fused-ring (bicyclic) bond motifs is 1. The molecule has 2 aromatic rings. The molecule has 2 aromatic heterocycles. The van der Waals surface area contributed by atoms with E-state index in [1.807, 2.05) is 0 Å². The maximum absolute atomic E-state index is 5.99. The Kier molecular flexibility index (Phi) is 5.65. The molecular weight excluding hydrogens is 280 g/mol. The Labute approximate surface area is 132 Å². The average molecular weight is 308 g/mol. The van der Waals surface area contributed by atoms with Crippen molar-refractivity contribution in [1.82, 2.24) is 9.38 Å². The molecule has 0 amide bonds. The van der Waals surface area contributed by atoms with E-state index in [0.29, 0.717) is 18.4 Å². The van der Waals surface area contributed by atoms with E-state index in [-0.39, 0.29) is 0 Å². The lowest BCUT2D eigenvalue weighted by molar-refractivity contribution is 0.532. The van der Waals surface area contributed by atoms with E-state index in [4.69, 9.17) is 10.7 Å². The van der Waals surface area contributed by atoms with Gasteiger partial charge in [-0.25, -0.2) is 4.98 Å². The molecule has 21 heavy (non-hydrogen) atoms. The van der Waals surface area contributed by atoms with Gasteiger partial charge in [0.1, 0.15) is 0 Å². The minimum atomic E-state index is 0.535. The van der Waals surface area contributed by atoms with Crippen LogP contribution in [0.5, 0.6) is 0 Å². The number of imidazole rings is 1. The number of anilines is 1. The summed E-state index contributed by atoms with van der Waals surface area (Å²) in [6.45, 7) is 11.7. The highest BCUT2D eigenvalue weighted by atomic mass is 32.1. The van der Waals surface area contributed by atoms with Gasteiger partial charge in [-0.1, -0.05) is 27.7 Å². The smallest absolute Gasteiger partial charge is 0.195 e. The molecule has 0 radical (unpaired) electrons. The second-order valence-electron chi connectivity index (χ2n) is 6.49. The molecule has 0 aromatic carbocycles. The Morgan fingerprint density at radius 2 is 1.81 bits per heavy atom. The van der Waals surface area contributed by atoms with Crippen molar-refractivity contribution in [3.05, 3.63) is 17.3 Å². The maximum Gasteiger partial charge on any atom is 0.195 e. The number of hydrogen-bond acceptors (Lipinski definition) is 4. The van der Waals surface area contributed by atoms with Crippen LogP contribution in [0.3, 0.4) is 0 Å². The van der Waals surface area contributed by atoms with Crippen molar-refractivity contribution in [2.24, 2.45) is 17.6 Å². The Bertz CT molecular complexity index is 544. The molecule has 0 aliphatic rings. The molecule has 0 atom stereocenters. The van der Waals surface area contributed by atoms with Crippen LogP contribution in [-0.4, -0.2) is 22.5 Å². The van der Waals surface area contributed by atoms with Crippen LogP contribution >= 0.6 is 11.3 Å². The lowest BCUT2D eigenvalue weighted by Gasteiger charge is -2.25. The second kappa shape index (κ2) is 7.27. The Balaban J connectivity index is 2.25. The van der Waals surface area contributed by atoms with E-state index in [9.17, 15) is 0 Å². The summed E-state index contributed by atoms with van der Waals surface area (Å²) in [6.07, 6.45) is 4.45. The molecule has 0 unspecified atom stereocenters. The largest absolute Gasteiger partial charge is 0.355 e. The van der Waals surface area contributed by atoms with Gasteiger partial charge < -0.3 is 10.6 Å². The zero-order chi connectivity index (χ0) is 15.4. The molecule has 2 heterocycles. The fourth-order valence-corrected chi connectivity index (χ4v) is 3.14. The molecule has 4 nitrogen and oxygen atoms in total. The quantitative estimate of drug-likeness (QED) is 0.808. The molecule has 2 N–H and O–H groups in total. The molecule has 0 fully saturated rings. The fraction of sp³-hybridized carbons (Fsp3) is 0.688. The summed E-state index contributed by atoms with van der Waals surface area (Å²) in [4.78, 5) is 8.31. The minimum Gasteiger partial charge on any atom is -0.355 e. The topological polar surface area (TPSA) is 46.6 Å². The molecule has 5 heteroatoms. The van der Waals surface area contributed by atoms with Crippen molar-refractivity contribution >= 4 is 22.1 Å². The fourth-order valence-electron chi connectivity index (χ4n) is 2.42. The third kappa shape index (κ3) is 3.98. The Morgan fingerprint density at radius 3 is 2.33 bits per heavy atom. The van der Waals surface area contributed by atoms with Crippen LogP contribution in [0.2, 0.25) is 0 Å². The standard InChI is InChI=1S/C16H28N4S/c1-12(2)5-7-19(8-6-13(3)4)15-14(11-17)20-9-10-21-16(20)18-15/h9-10,12-13H,5-8,11,17H2,1-4H3. The lowest BCUT2D eigenvalue weighted by Crippen LogP contribution is -2.29. The van der Waals surface area contributed by atoms with Gasteiger partial charge in [-0.3, -0.25) is 4.40 Å². The Hall–Kier alpha value is -1.07. The molecule has 118 valence electrons. The van der Waals surface area contributed by atoms with Gasteiger partial charge in [0.25, 0.3) is 0 Å². The van der Waals surface area contributed by atoms with Gasteiger partial charge in [0.15, 0.2) is 10.8 Å². The predicted octanol–water partition coefficient (Wildman–Crippen LogP) is 3.75. The first-order valence-electron chi connectivity index (χ1n) is 7.92. The molecule has 0 aliphatic carbocycles. The number of aromatic nitrogens is 2. The highest BCUT2D eigenvalue weighted by molar-refractivity contribution is 7.15. The Morgan fingerprint density at radius 1 is 1.19 bits per heavy atom. The first-order chi connectivity index (χ1) is 10.0. The number of hydrogen-bond donors (Lipinski definition) is 1. The molecule has 2 rings (SSSR count). The van der Waals surface area contributed by atoms with Crippen molar-refractivity contribution in [3.8, 4) is 0 Å². The second-order valence-corrected chi connectivity index (χ2v) is 7.37. The van der Waals surface area contributed by atoms with Crippen LogP contribution in [0.15, 0.2) is 11.6 Å². The SMILES string of the molecule is CC(C)CCN(CCC(C)C)c1nc2sccn2c1CN. The summed E-state index contributed by atoms with van der Waals surface area (Å²) in [6, 6.07) is 0. The lowest BCUT2D eigenvalue weighted by atomic mass is 10.1. The summed E-state index contributed by atoms with van der Waals surface area (Å²) >= 11 is 1.67. The summed E-state index contributed by atoms with van der Waals surface area (Å²) < 4.78 is 2.14. The molecular formula is C16H28N4S. The number of nitrogens with zero attached hydrogens (tertiary/aromatic N) is 3. The van der Waals surface area contributed by atoms with Gasteiger partial charge >= 0.3 is 0 Å². The van der Waals surface area contributed by atoms with E-state index >= 15 is 0 Å². The number of nitrogens with two attached hydrogens (primary N) is 1. The monoisotopic (exact) mass is 308 g/mol. The maximum atomic E-state index is 5.99. The molecule has 0 saturated heterocycles. The summed E-state index contributed by atoms with van der Waals surface area (Å²) in [5.74, 6) is 2.50. The third-order valence-electron chi connectivity index (χ3n) is 3.79. The average Bonchev–Trinajstić information content (AvgIpc) is 2.98. The van der Waals surface area contributed by atoms with Gasteiger partial charge in [0.2, 0.25) is 0 Å². The van der Waals surface area contributed by atoms with E-state index < -0.39 is 0 Å². The summed E-state index contributed by atoms with van der Waals surface area (Å²) in [7, 11) is 0. The van der Waals surface area contributed by atoms with Crippen LogP contribution in [0.25, 0.3) is 4.96 Å². The van der Waals surface area contributed by atoms with Crippen LogP contribution in [0.4, 0.5) is 5.82 Å². The number of thiazole rings is 1. The minimum absolute atomic E-state index is 0.535. The summed E-state index contributed by atoms with van der Waals surface area (Å²) in [5.41, 5.74) is 7.12. The molecule has 0 bridgehead atoms. The van der Waals surface area contributed by atoms with Crippen LogP contribution in [-0.2, 0) is 6.54 Å². The molecule has 0 aliphatic heterocycles. The summed E-state index contributed by atoms with van der Waals surface area (Å²) in [5, 5.41) is 2.07. The van der Waals surface area contributed by atoms with Crippen molar-refractivity contribution < 1.29 is 0 Å².